The monoisotopic (exact) mass is 324 g/mol. The van der Waals surface area contributed by atoms with Crippen molar-refractivity contribution < 1.29 is 14.7 Å². The lowest BCUT2D eigenvalue weighted by atomic mass is 10.0. The summed E-state index contributed by atoms with van der Waals surface area (Å²) in [7, 11) is 0. The highest BCUT2D eigenvalue weighted by molar-refractivity contribution is 6.33. The van der Waals surface area contributed by atoms with Gasteiger partial charge in [0.25, 0.3) is 0 Å². The van der Waals surface area contributed by atoms with Crippen LogP contribution in [-0.2, 0) is 9.59 Å². The van der Waals surface area contributed by atoms with Crippen molar-refractivity contribution in [3.63, 3.8) is 0 Å². The Kier molecular flexibility index (Phi) is 5.80. The molecule has 2 unspecified atom stereocenters. The average Bonchev–Trinajstić information content (AvgIpc) is 2.49. The Morgan fingerprint density at radius 1 is 1.50 bits per heavy atom. The molecule has 22 heavy (non-hydrogen) atoms. The van der Waals surface area contributed by atoms with Crippen LogP contribution < -0.4 is 10.2 Å². The molecule has 1 heterocycles. The zero-order chi connectivity index (χ0) is 16.1. The fourth-order valence-corrected chi connectivity index (χ4v) is 2.99. The van der Waals surface area contributed by atoms with E-state index in [2.05, 4.69) is 5.32 Å². The van der Waals surface area contributed by atoms with Gasteiger partial charge in [-0.2, -0.15) is 0 Å². The predicted molar refractivity (Wildman–Crippen MR) is 86.3 cm³/mol. The van der Waals surface area contributed by atoms with Crippen molar-refractivity contribution in [3.05, 3.63) is 29.3 Å². The number of carboxylic acid groups (broad SMARTS) is 1. The van der Waals surface area contributed by atoms with E-state index in [0.717, 1.165) is 12.8 Å². The number of amides is 1. The van der Waals surface area contributed by atoms with E-state index in [1.54, 1.807) is 11.0 Å². The third-order valence-corrected chi connectivity index (χ3v) is 4.18. The van der Waals surface area contributed by atoms with Crippen LogP contribution in [0.2, 0.25) is 5.02 Å². The molecule has 1 aromatic rings. The van der Waals surface area contributed by atoms with Gasteiger partial charge in [0.1, 0.15) is 6.04 Å². The Morgan fingerprint density at radius 3 is 2.86 bits per heavy atom. The van der Waals surface area contributed by atoms with Crippen molar-refractivity contribution >= 4 is 29.2 Å². The van der Waals surface area contributed by atoms with Gasteiger partial charge in [-0.15, -0.1) is 0 Å². The standard InChI is InChI=1S/C16H21ClN2O3/c1-2-6-13(16(21)22)18-12-8-5-10-19(15(12)20)14-9-4-3-7-11(14)17/h3-4,7,9,12-13,18H,2,5-6,8,10H2,1H3,(H,21,22). The van der Waals surface area contributed by atoms with E-state index in [-0.39, 0.29) is 5.91 Å². The zero-order valence-electron chi connectivity index (χ0n) is 12.6. The molecule has 2 atom stereocenters. The number of halogens is 1. The van der Waals surface area contributed by atoms with Gasteiger partial charge in [-0.25, -0.2) is 0 Å². The molecule has 1 aliphatic rings. The number of anilines is 1. The van der Waals surface area contributed by atoms with Crippen LogP contribution in [-0.4, -0.2) is 35.6 Å². The lowest BCUT2D eigenvalue weighted by Crippen LogP contribution is -2.55. The summed E-state index contributed by atoms with van der Waals surface area (Å²) >= 11 is 6.17. The summed E-state index contributed by atoms with van der Waals surface area (Å²) in [6, 6.07) is 6.05. The number of carbonyl (C=O) groups excluding carboxylic acids is 1. The second-order valence-corrected chi connectivity index (χ2v) is 5.89. The summed E-state index contributed by atoms with van der Waals surface area (Å²) < 4.78 is 0. The highest BCUT2D eigenvalue weighted by Crippen LogP contribution is 2.28. The number of nitrogens with one attached hydrogen (secondary N) is 1. The SMILES string of the molecule is CCCC(NC1CCCN(c2ccccc2Cl)C1=O)C(=O)O. The second-order valence-electron chi connectivity index (χ2n) is 5.48. The Bertz CT molecular complexity index is 550. The third kappa shape index (κ3) is 3.78. The molecule has 5 nitrogen and oxygen atoms in total. The van der Waals surface area contributed by atoms with Gasteiger partial charge < -0.3 is 10.0 Å². The minimum Gasteiger partial charge on any atom is -0.480 e. The van der Waals surface area contributed by atoms with Crippen molar-refractivity contribution in [2.24, 2.45) is 0 Å². The van der Waals surface area contributed by atoms with E-state index in [9.17, 15) is 14.7 Å². The number of hydrogen-bond donors (Lipinski definition) is 2. The first-order chi connectivity index (χ1) is 10.5. The van der Waals surface area contributed by atoms with Crippen LogP contribution in [0.15, 0.2) is 24.3 Å². The number of aliphatic carboxylic acids is 1. The van der Waals surface area contributed by atoms with Crippen molar-refractivity contribution in [2.45, 2.75) is 44.7 Å². The average molecular weight is 325 g/mol. The molecule has 0 saturated carbocycles. The number of nitrogens with zero attached hydrogens (tertiary/aromatic N) is 1. The molecule has 1 amide bonds. The molecule has 0 aliphatic carbocycles. The van der Waals surface area contributed by atoms with E-state index in [1.807, 2.05) is 25.1 Å². The minimum absolute atomic E-state index is 0.110. The fraction of sp³-hybridized carbons (Fsp3) is 0.500. The largest absolute Gasteiger partial charge is 0.480 e. The molecule has 0 spiro atoms. The highest BCUT2D eigenvalue weighted by atomic mass is 35.5. The van der Waals surface area contributed by atoms with Gasteiger partial charge in [0, 0.05) is 6.54 Å². The molecule has 2 N–H and O–H groups in total. The molecular formula is C16H21ClN2O3. The summed E-state index contributed by atoms with van der Waals surface area (Å²) in [6.07, 6.45) is 2.71. The normalized spacial score (nSPS) is 20.0. The van der Waals surface area contributed by atoms with E-state index in [4.69, 9.17) is 11.6 Å². The van der Waals surface area contributed by atoms with Gasteiger partial charge >= 0.3 is 5.97 Å². The number of para-hydroxylation sites is 1. The van der Waals surface area contributed by atoms with Gasteiger partial charge in [-0.05, 0) is 31.4 Å². The fourth-order valence-electron chi connectivity index (χ4n) is 2.75. The van der Waals surface area contributed by atoms with Crippen LogP contribution in [0, 0.1) is 0 Å². The Labute approximate surface area is 135 Å². The number of carbonyl (C=O) groups is 2. The molecule has 6 heteroatoms. The summed E-state index contributed by atoms with van der Waals surface area (Å²) in [5.74, 6) is -1.02. The van der Waals surface area contributed by atoms with E-state index in [0.29, 0.717) is 30.1 Å². The summed E-state index contributed by atoms with van der Waals surface area (Å²) in [5.41, 5.74) is 0.683. The maximum absolute atomic E-state index is 12.7. The number of piperidine rings is 1. The maximum atomic E-state index is 12.7. The van der Waals surface area contributed by atoms with Crippen LogP contribution in [0.5, 0.6) is 0 Å². The molecule has 0 aromatic heterocycles. The number of carboxylic acids is 1. The number of benzene rings is 1. The second kappa shape index (κ2) is 7.61. The molecule has 120 valence electrons. The van der Waals surface area contributed by atoms with Gasteiger partial charge in [-0.3, -0.25) is 14.9 Å². The van der Waals surface area contributed by atoms with E-state index >= 15 is 0 Å². The maximum Gasteiger partial charge on any atom is 0.320 e. The molecule has 2 rings (SSSR count). The summed E-state index contributed by atoms with van der Waals surface area (Å²) in [4.78, 5) is 25.6. The first kappa shape index (κ1) is 16.8. The van der Waals surface area contributed by atoms with Crippen LogP contribution >= 0.6 is 11.6 Å². The minimum atomic E-state index is -0.912. The quantitative estimate of drug-likeness (QED) is 0.844. The Morgan fingerprint density at radius 2 is 2.23 bits per heavy atom. The highest BCUT2D eigenvalue weighted by Gasteiger charge is 2.33. The van der Waals surface area contributed by atoms with Crippen molar-refractivity contribution in [3.8, 4) is 0 Å². The zero-order valence-corrected chi connectivity index (χ0v) is 13.3. The summed E-state index contributed by atoms with van der Waals surface area (Å²) in [6.45, 7) is 2.53. The van der Waals surface area contributed by atoms with E-state index in [1.165, 1.54) is 0 Å². The molecule has 0 radical (unpaired) electrons. The van der Waals surface area contributed by atoms with Gasteiger partial charge in [0.05, 0.1) is 16.8 Å². The van der Waals surface area contributed by atoms with Gasteiger partial charge in [0.15, 0.2) is 0 Å². The molecule has 1 saturated heterocycles. The predicted octanol–water partition coefficient (Wildman–Crippen LogP) is 2.68. The molecule has 0 bridgehead atoms. The lowest BCUT2D eigenvalue weighted by molar-refractivity contribution is -0.140. The summed E-state index contributed by atoms with van der Waals surface area (Å²) in [5, 5.41) is 12.8. The van der Waals surface area contributed by atoms with Gasteiger partial charge in [-0.1, -0.05) is 37.1 Å². The van der Waals surface area contributed by atoms with Crippen LogP contribution in [0.25, 0.3) is 0 Å². The van der Waals surface area contributed by atoms with Crippen molar-refractivity contribution in [1.82, 2.24) is 5.32 Å². The lowest BCUT2D eigenvalue weighted by Gasteiger charge is -2.34. The van der Waals surface area contributed by atoms with Crippen LogP contribution in [0.3, 0.4) is 0 Å². The molecule has 1 aliphatic heterocycles. The van der Waals surface area contributed by atoms with Gasteiger partial charge in [0.2, 0.25) is 5.91 Å². The first-order valence-corrected chi connectivity index (χ1v) is 7.97. The van der Waals surface area contributed by atoms with Crippen LogP contribution in [0.4, 0.5) is 5.69 Å². The topological polar surface area (TPSA) is 69.6 Å². The van der Waals surface area contributed by atoms with Crippen molar-refractivity contribution in [2.75, 3.05) is 11.4 Å². The first-order valence-electron chi connectivity index (χ1n) is 7.59. The Balaban J connectivity index is 2.13. The smallest absolute Gasteiger partial charge is 0.320 e. The van der Waals surface area contributed by atoms with Crippen molar-refractivity contribution in [1.29, 1.82) is 0 Å². The van der Waals surface area contributed by atoms with E-state index < -0.39 is 18.1 Å². The van der Waals surface area contributed by atoms with Crippen LogP contribution in [0.1, 0.15) is 32.6 Å². The number of rotatable bonds is 6. The molecule has 1 fully saturated rings. The molecule has 1 aromatic carbocycles. The number of hydrogen-bond acceptors (Lipinski definition) is 3. The molecular weight excluding hydrogens is 304 g/mol. The third-order valence-electron chi connectivity index (χ3n) is 3.86. The Hall–Kier alpha value is -1.59.